The van der Waals surface area contributed by atoms with Gasteiger partial charge in [0.2, 0.25) is 0 Å². The Hall–Kier alpha value is -3.59. The summed E-state index contributed by atoms with van der Waals surface area (Å²) in [5, 5.41) is 8.48. The van der Waals surface area contributed by atoms with Crippen molar-refractivity contribution in [2.75, 3.05) is 26.7 Å². The van der Waals surface area contributed by atoms with Gasteiger partial charge in [-0.15, -0.1) is 0 Å². The molecule has 0 spiro atoms. The van der Waals surface area contributed by atoms with E-state index in [0.717, 1.165) is 44.3 Å². The number of benzene rings is 1. The van der Waals surface area contributed by atoms with Gasteiger partial charge in [0.25, 0.3) is 5.91 Å². The van der Waals surface area contributed by atoms with E-state index in [0.29, 0.717) is 29.1 Å². The fraction of sp³-hybridized carbons (Fsp3) is 0.429. The number of aromatic nitrogens is 3. The van der Waals surface area contributed by atoms with Gasteiger partial charge in [-0.1, -0.05) is 25.5 Å². The maximum Gasteiger partial charge on any atom is 0.330 e. The number of ether oxygens (including phenoxy) is 1. The first-order valence-electron chi connectivity index (χ1n) is 12.9. The topological polar surface area (TPSA) is 80.0 Å². The molecular formula is C28H32FN5O3. The lowest BCUT2D eigenvalue weighted by atomic mass is 10.0. The van der Waals surface area contributed by atoms with Gasteiger partial charge in [0.15, 0.2) is 5.65 Å². The lowest BCUT2D eigenvalue weighted by Crippen LogP contribution is -2.44. The van der Waals surface area contributed by atoms with Crippen LogP contribution in [0.15, 0.2) is 36.4 Å². The summed E-state index contributed by atoms with van der Waals surface area (Å²) in [5.74, 6) is -1.15. The number of fused-ring (bicyclic) bond motifs is 1. The molecule has 1 amide bonds. The lowest BCUT2D eigenvalue weighted by Gasteiger charge is -2.29. The van der Waals surface area contributed by atoms with E-state index < -0.39 is 11.8 Å². The highest BCUT2D eigenvalue weighted by molar-refractivity contribution is 5.93. The molecule has 3 aromatic rings. The van der Waals surface area contributed by atoms with Crippen LogP contribution in [0.4, 0.5) is 4.39 Å². The largest absolute Gasteiger partial charge is 0.463 e. The van der Waals surface area contributed by atoms with Crippen molar-refractivity contribution in [3.63, 3.8) is 0 Å². The Balaban J connectivity index is 1.55. The molecule has 9 heteroatoms. The van der Waals surface area contributed by atoms with Crippen molar-refractivity contribution in [2.45, 2.75) is 51.4 Å². The zero-order chi connectivity index (χ0) is 26.2. The molecule has 2 aromatic heterocycles. The van der Waals surface area contributed by atoms with E-state index in [9.17, 15) is 9.59 Å². The molecule has 194 valence electrons. The molecule has 0 bridgehead atoms. The Bertz CT molecular complexity index is 1380. The molecule has 1 aliphatic carbocycles. The van der Waals surface area contributed by atoms with Crippen molar-refractivity contribution in [3.05, 3.63) is 59.2 Å². The first-order valence-corrected chi connectivity index (χ1v) is 12.9. The number of hydrogen-bond donors (Lipinski definition) is 0. The van der Waals surface area contributed by atoms with E-state index in [1.807, 2.05) is 18.1 Å². The Labute approximate surface area is 215 Å². The second-order valence-electron chi connectivity index (χ2n) is 10.1. The second kappa shape index (κ2) is 10.0. The van der Waals surface area contributed by atoms with Crippen LogP contribution in [0.2, 0.25) is 0 Å². The summed E-state index contributed by atoms with van der Waals surface area (Å²) in [6.45, 7) is 5.61. The molecule has 0 atom stereocenters. The third kappa shape index (κ3) is 5.00. The number of halogens is 1. The van der Waals surface area contributed by atoms with E-state index in [1.165, 1.54) is 12.2 Å². The van der Waals surface area contributed by atoms with E-state index in [-0.39, 0.29) is 23.5 Å². The molecule has 1 aromatic carbocycles. The zero-order valence-corrected chi connectivity index (χ0v) is 21.5. The van der Waals surface area contributed by atoms with E-state index >= 15 is 4.39 Å². The second-order valence-corrected chi connectivity index (χ2v) is 10.1. The van der Waals surface area contributed by atoms with Gasteiger partial charge in [-0.25, -0.2) is 23.7 Å². The number of nitrogens with zero attached hydrogens (tertiary/aromatic N) is 5. The Morgan fingerprint density at radius 3 is 2.70 bits per heavy atom. The standard InChI is InChI=1S/C28H32FN5O3/c1-4-37-25(35)12-11-19-9-8-10-20(26(19)29)21-18-24-30-22(17-23(34(24)31-21)28(2)13-14-28)27(36)33-16-7-5-6-15-32(33)3/h8-12,17-18H,4-7,13-16H2,1-3H3/b12-11+. The molecule has 2 fully saturated rings. The van der Waals surface area contributed by atoms with Crippen LogP contribution in [0.1, 0.15) is 67.7 Å². The molecular weight excluding hydrogens is 473 g/mol. The number of carbonyl (C=O) groups is 2. The summed E-state index contributed by atoms with van der Waals surface area (Å²) >= 11 is 0. The van der Waals surface area contributed by atoms with Crippen LogP contribution in [0.3, 0.4) is 0 Å². The molecule has 3 heterocycles. The molecule has 1 saturated heterocycles. The fourth-order valence-corrected chi connectivity index (χ4v) is 4.77. The van der Waals surface area contributed by atoms with Crippen molar-refractivity contribution >= 4 is 23.6 Å². The van der Waals surface area contributed by atoms with Gasteiger partial charge >= 0.3 is 5.97 Å². The van der Waals surface area contributed by atoms with Gasteiger partial charge in [0.05, 0.1) is 18.0 Å². The highest BCUT2D eigenvalue weighted by Crippen LogP contribution is 2.47. The smallest absolute Gasteiger partial charge is 0.330 e. The number of carbonyl (C=O) groups excluding carboxylic acids is 2. The average molecular weight is 506 g/mol. The predicted octanol–water partition coefficient (Wildman–Crippen LogP) is 4.64. The molecule has 0 N–H and O–H groups in total. The highest BCUT2D eigenvalue weighted by Gasteiger charge is 2.42. The number of hydrazine groups is 1. The van der Waals surface area contributed by atoms with Crippen molar-refractivity contribution in [1.29, 1.82) is 0 Å². The maximum absolute atomic E-state index is 15.5. The monoisotopic (exact) mass is 505 g/mol. The summed E-state index contributed by atoms with van der Waals surface area (Å²) in [6.07, 6.45) is 7.69. The van der Waals surface area contributed by atoms with Gasteiger partial charge in [-0.2, -0.15) is 5.10 Å². The predicted molar refractivity (Wildman–Crippen MR) is 138 cm³/mol. The molecule has 0 radical (unpaired) electrons. The van der Waals surface area contributed by atoms with Crippen molar-refractivity contribution in [2.24, 2.45) is 0 Å². The molecule has 1 saturated carbocycles. The van der Waals surface area contributed by atoms with Crippen LogP contribution >= 0.6 is 0 Å². The summed E-state index contributed by atoms with van der Waals surface area (Å²) < 4.78 is 22.1. The van der Waals surface area contributed by atoms with E-state index in [4.69, 9.17) is 9.84 Å². The summed E-state index contributed by atoms with van der Waals surface area (Å²) in [4.78, 5) is 29.9. The molecule has 37 heavy (non-hydrogen) atoms. The normalized spacial score (nSPS) is 17.8. The van der Waals surface area contributed by atoms with Gasteiger partial charge in [-0.3, -0.25) is 9.80 Å². The van der Waals surface area contributed by atoms with Crippen LogP contribution in [-0.4, -0.2) is 63.2 Å². The van der Waals surface area contributed by atoms with Crippen LogP contribution in [0.5, 0.6) is 0 Å². The van der Waals surface area contributed by atoms with Gasteiger partial charge in [-0.05, 0) is 50.8 Å². The molecule has 0 unspecified atom stereocenters. The quantitative estimate of drug-likeness (QED) is 0.359. The summed E-state index contributed by atoms with van der Waals surface area (Å²) in [5.41, 5.74) is 2.65. The van der Waals surface area contributed by atoms with Crippen LogP contribution in [0, 0.1) is 5.82 Å². The minimum atomic E-state index is -0.529. The Kier molecular flexibility index (Phi) is 6.81. The summed E-state index contributed by atoms with van der Waals surface area (Å²) in [7, 11) is 1.94. The van der Waals surface area contributed by atoms with E-state index in [1.54, 1.807) is 40.7 Å². The number of hydrogen-bond acceptors (Lipinski definition) is 6. The summed E-state index contributed by atoms with van der Waals surface area (Å²) in [6, 6.07) is 8.53. The maximum atomic E-state index is 15.5. The van der Waals surface area contributed by atoms with Crippen molar-refractivity contribution in [3.8, 4) is 11.3 Å². The molecule has 5 rings (SSSR count). The Morgan fingerprint density at radius 2 is 1.95 bits per heavy atom. The highest BCUT2D eigenvalue weighted by atomic mass is 19.1. The van der Waals surface area contributed by atoms with Gasteiger partial charge in [0, 0.05) is 48.8 Å². The molecule has 2 aliphatic rings. The minimum Gasteiger partial charge on any atom is -0.463 e. The van der Waals surface area contributed by atoms with Crippen LogP contribution in [-0.2, 0) is 14.9 Å². The number of amides is 1. The minimum absolute atomic E-state index is 0.104. The third-order valence-electron chi connectivity index (χ3n) is 7.25. The van der Waals surface area contributed by atoms with Crippen LogP contribution in [0.25, 0.3) is 23.0 Å². The first kappa shape index (κ1) is 25.1. The van der Waals surface area contributed by atoms with Crippen LogP contribution < -0.4 is 0 Å². The average Bonchev–Trinajstić information content (AvgIpc) is 3.55. The number of rotatable bonds is 6. The van der Waals surface area contributed by atoms with Crippen molar-refractivity contribution in [1.82, 2.24) is 24.6 Å². The molecule has 1 aliphatic heterocycles. The van der Waals surface area contributed by atoms with Gasteiger partial charge in [0.1, 0.15) is 11.5 Å². The third-order valence-corrected chi connectivity index (χ3v) is 7.25. The lowest BCUT2D eigenvalue weighted by molar-refractivity contribution is -0.137. The first-order chi connectivity index (χ1) is 17.8. The van der Waals surface area contributed by atoms with Crippen molar-refractivity contribution < 1.29 is 18.7 Å². The Morgan fingerprint density at radius 1 is 1.16 bits per heavy atom. The number of esters is 1. The fourth-order valence-electron chi connectivity index (χ4n) is 4.77. The zero-order valence-electron chi connectivity index (χ0n) is 21.5. The SMILES string of the molecule is CCOC(=O)/C=C/c1cccc(-c2cc3nc(C(=O)N4CCCCCN4C)cc(C4(C)CC4)n3n2)c1F. The molecule has 8 nitrogen and oxygen atoms in total. The van der Waals surface area contributed by atoms with E-state index in [2.05, 4.69) is 11.9 Å². The van der Waals surface area contributed by atoms with Gasteiger partial charge < -0.3 is 4.74 Å².